The molecule has 1 aliphatic carbocycles. The second-order valence-corrected chi connectivity index (χ2v) is 8.09. The van der Waals surface area contributed by atoms with Crippen LogP contribution in [-0.4, -0.2) is 39.3 Å². The maximum atomic E-state index is 14.4. The van der Waals surface area contributed by atoms with Crippen molar-refractivity contribution in [2.45, 2.75) is 43.9 Å². The lowest BCUT2D eigenvalue weighted by atomic mass is 9.89. The Bertz CT molecular complexity index is 1110. The van der Waals surface area contributed by atoms with Gasteiger partial charge in [-0.25, -0.2) is 13.3 Å². The van der Waals surface area contributed by atoms with Gasteiger partial charge in [0.05, 0.1) is 29.4 Å². The second kappa shape index (κ2) is 7.36. The summed E-state index contributed by atoms with van der Waals surface area (Å²) >= 11 is 0. The van der Waals surface area contributed by atoms with Crippen LogP contribution in [0, 0.1) is 11.6 Å². The van der Waals surface area contributed by atoms with E-state index in [1.54, 1.807) is 10.7 Å². The van der Waals surface area contributed by atoms with E-state index in [-0.39, 0.29) is 24.1 Å². The Morgan fingerprint density at radius 2 is 2.03 bits per heavy atom. The lowest BCUT2D eigenvalue weighted by Crippen LogP contribution is -2.46. The molecule has 1 atom stereocenters. The van der Waals surface area contributed by atoms with Crippen LogP contribution in [0.2, 0.25) is 0 Å². The number of carbonyl (C=O) groups is 1. The van der Waals surface area contributed by atoms with Crippen LogP contribution in [0.1, 0.15) is 47.6 Å². The topological polar surface area (TPSA) is 69.9 Å². The highest BCUT2D eigenvalue weighted by molar-refractivity contribution is 6.01. The molecule has 0 bridgehead atoms. The number of aliphatic hydroxyl groups is 1. The number of hydrogen-bond donors (Lipinski definition) is 2. The smallest absolute Gasteiger partial charge is 0.255 e. The van der Waals surface area contributed by atoms with Crippen molar-refractivity contribution in [3.8, 4) is 0 Å². The number of aromatic nitrogens is 2. The van der Waals surface area contributed by atoms with Gasteiger partial charge in [0.25, 0.3) is 5.91 Å². The van der Waals surface area contributed by atoms with Crippen LogP contribution in [0.4, 0.5) is 14.5 Å². The SMILES string of the molecule is O=C(NC1CC(O)C1)c1cnn2ccc(N3CCCC3c3cc(F)ccc3F)cc12. The van der Waals surface area contributed by atoms with E-state index in [1.807, 2.05) is 12.1 Å². The zero-order valence-corrected chi connectivity index (χ0v) is 16.3. The third-order valence-corrected chi connectivity index (χ3v) is 6.10. The monoisotopic (exact) mass is 412 g/mol. The van der Waals surface area contributed by atoms with Crippen LogP contribution in [0.5, 0.6) is 0 Å². The van der Waals surface area contributed by atoms with Crippen molar-refractivity contribution in [2.75, 3.05) is 11.4 Å². The van der Waals surface area contributed by atoms with Gasteiger partial charge in [0, 0.05) is 30.0 Å². The summed E-state index contributed by atoms with van der Waals surface area (Å²) in [6.07, 6.45) is 5.66. The Hall–Kier alpha value is -3.00. The molecule has 0 spiro atoms. The Labute approximate surface area is 172 Å². The molecule has 1 aliphatic heterocycles. The first kappa shape index (κ1) is 19.0. The Morgan fingerprint density at radius 3 is 2.83 bits per heavy atom. The predicted octanol–water partition coefficient (Wildman–Crippen LogP) is 3.21. The number of carbonyl (C=O) groups excluding carboxylic acids is 1. The Morgan fingerprint density at radius 1 is 1.20 bits per heavy atom. The van der Waals surface area contributed by atoms with Crippen LogP contribution in [0.25, 0.3) is 5.52 Å². The summed E-state index contributed by atoms with van der Waals surface area (Å²) < 4.78 is 29.8. The molecule has 1 saturated carbocycles. The molecule has 3 heterocycles. The zero-order valence-electron chi connectivity index (χ0n) is 16.3. The number of aliphatic hydroxyl groups excluding tert-OH is 1. The van der Waals surface area contributed by atoms with Crippen molar-refractivity contribution in [3.05, 3.63) is 65.5 Å². The normalized spacial score (nSPS) is 23.6. The fourth-order valence-corrected chi connectivity index (χ4v) is 4.46. The number of nitrogens with one attached hydrogen (secondary N) is 1. The molecule has 5 rings (SSSR count). The van der Waals surface area contributed by atoms with Crippen LogP contribution in [0.3, 0.4) is 0 Å². The standard InChI is InChI=1S/C22H22F2N4O2/c23-13-3-4-19(24)17(8-13)20-2-1-6-27(20)15-5-7-28-21(11-15)18(12-25-28)22(30)26-14-9-16(29)10-14/h3-5,7-8,11-12,14,16,20,29H,1-2,6,9-10H2,(H,26,30). The van der Waals surface area contributed by atoms with Crippen molar-refractivity contribution >= 4 is 17.1 Å². The molecule has 8 heteroatoms. The van der Waals surface area contributed by atoms with Crippen molar-refractivity contribution < 1.29 is 18.7 Å². The number of hydrogen-bond acceptors (Lipinski definition) is 4. The van der Waals surface area contributed by atoms with Gasteiger partial charge in [-0.3, -0.25) is 4.79 Å². The number of benzene rings is 1. The minimum Gasteiger partial charge on any atom is -0.393 e. The van der Waals surface area contributed by atoms with Crippen LogP contribution in [-0.2, 0) is 0 Å². The van der Waals surface area contributed by atoms with Crippen molar-refractivity contribution in [3.63, 3.8) is 0 Å². The first-order chi connectivity index (χ1) is 14.5. The number of anilines is 1. The summed E-state index contributed by atoms with van der Waals surface area (Å²) in [5.41, 5.74) is 2.28. The van der Waals surface area contributed by atoms with Gasteiger partial charge in [-0.05, 0) is 56.0 Å². The first-order valence-electron chi connectivity index (χ1n) is 10.2. The molecule has 2 aliphatic rings. The minimum atomic E-state index is -0.454. The zero-order chi connectivity index (χ0) is 20.8. The van der Waals surface area contributed by atoms with Crippen LogP contribution >= 0.6 is 0 Å². The van der Waals surface area contributed by atoms with Gasteiger partial charge in [-0.15, -0.1) is 0 Å². The van der Waals surface area contributed by atoms with E-state index in [4.69, 9.17) is 0 Å². The first-order valence-corrected chi connectivity index (χ1v) is 10.2. The number of nitrogens with zero attached hydrogens (tertiary/aromatic N) is 3. The van der Waals surface area contributed by atoms with E-state index < -0.39 is 11.6 Å². The number of rotatable bonds is 4. The molecule has 1 unspecified atom stereocenters. The number of pyridine rings is 1. The highest BCUT2D eigenvalue weighted by Crippen LogP contribution is 2.38. The van der Waals surface area contributed by atoms with Gasteiger partial charge < -0.3 is 15.3 Å². The van der Waals surface area contributed by atoms with Gasteiger partial charge in [-0.2, -0.15) is 5.10 Å². The number of fused-ring (bicyclic) bond motifs is 1. The number of halogens is 2. The summed E-state index contributed by atoms with van der Waals surface area (Å²) in [5.74, 6) is -1.10. The quantitative estimate of drug-likeness (QED) is 0.691. The molecule has 0 radical (unpaired) electrons. The molecule has 6 nitrogen and oxygen atoms in total. The molecular formula is C22H22F2N4O2. The average Bonchev–Trinajstić information content (AvgIpc) is 3.35. The summed E-state index contributed by atoms with van der Waals surface area (Å²) in [6, 6.07) is 7.02. The van der Waals surface area contributed by atoms with Gasteiger partial charge in [0.2, 0.25) is 0 Å². The summed E-state index contributed by atoms with van der Waals surface area (Å²) in [7, 11) is 0. The van der Waals surface area contributed by atoms with E-state index in [9.17, 15) is 18.7 Å². The lowest BCUT2D eigenvalue weighted by molar-refractivity contribution is 0.0563. The fraction of sp³-hybridized carbons (Fsp3) is 0.364. The molecule has 30 heavy (non-hydrogen) atoms. The van der Waals surface area contributed by atoms with E-state index in [0.717, 1.165) is 24.6 Å². The molecule has 1 amide bonds. The van der Waals surface area contributed by atoms with Crippen molar-refractivity contribution in [2.24, 2.45) is 0 Å². The molecule has 156 valence electrons. The lowest BCUT2D eigenvalue weighted by Gasteiger charge is -2.31. The van der Waals surface area contributed by atoms with Crippen LogP contribution in [0.15, 0.2) is 42.7 Å². The highest BCUT2D eigenvalue weighted by atomic mass is 19.1. The molecule has 3 aromatic rings. The van der Waals surface area contributed by atoms with Gasteiger partial charge in [0.1, 0.15) is 11.6 Å². The van der Waals surface area contributed by atoms with Crippen molar-refractivity contribution in [1.29, 1.82) is 0 Å². The van der Waals surface area contributed by atoms with Gasteiger partial charge in [-0.1, -0.05) is 0 Å². The molecule has 2 aromatic heterocycles. The summed E-state index contributed by atoms with van der Waals surface area (Å²) in [6.45, 7) is 0.715. The molecule has 2 N–H and O–H groups in total. The minimum absolute atomic E-state index is 0.0236. The van der Waals surface area contributed by atoms with Gasteiger partial charge >= 0.3 is 0 Å². The highest BCUT2D eigenvalue weighted by Gasteiger charge is 2.31. The largest absolute Gasteiger partial charge is 0.393 e. The van der Waals surface area contributed by atoms with Gasteiger partial charge in [0.15, 0.2) is 0 Å². The van der Waals surface area contributed by atoms with E-state index in [2.05, 4.69) is 15.3 Å². The summed E-state index contributed by atoms with van der Waals surface area (Å²) in [5, 5.41) is 16.6. The predicted molar refractivity (Wildman–Crippen MR) is 107 cm³/mol. The maximum Gasteiger partial charge on any atom is 0.255 e. The van der Waals surface area contributed by atoms with Crippen molar-refractivity contribution in [1.82, 2.24) is 14.9 Å². The second-order valence-electron chi connectivity index (χ2n) is 8.09. The fourth-order valence-electron chi connectivity index (χ4n) is 4.46. The maximum absolute atomic E-state index is 14.4. The van der Waals surface area contributed by atoms with Crippen LogP contribution < -0.4 is 10.2 Å². The van der Waals surface area contributed by atoms with E-state index >= 15 is 0 Å². The third kappa shape index (κ3) is 3.31. The summed E-state index contributed by atoms with van der Waals surface area (Å²) in [4.78, 5) is 14.7. The molecule has 1 aromatic carbocycles. The Kier molecular flexibility index (Phi) is 4.66. The molecule has 2 fully saturated rings. The third-order valence-electron chi connectivity index (χ3n) is 6.10. The van der Waals surface area contributed by atoms with E-state index in [1.165, 1.54) is 18.3 Å². The molecule has 1 saturated heterocycles. The number of amides is 1. The van der Waals surface area contributed by atoms with E-state index in [0.29, 0.717) is 36.0 Å². The molecular weight excluding hydrogens is 390 g/mol. The average molecular weight is 412 g/mol. The Balaban J connectivity index is 1.45.